The molecule has 1 aliphatic heterocycles. The lowest BCUT2D eigenvalue weighted by atomic mass is 10.0. The van der Waals surface area contributed by atoms with Crippen LogP contribution in [0.3, 0.4) is 0 Å². The zero-order valence-corrected chi connectivity index (χ0v) is 18.1. The molecule has 6 heteroatoms. The number of guanidine groups is 1. The third-order valence-electron chi connectivity index (χ3n) is 5.61. The average molecular weight is 411 g/mol. The molecule has 3 rings (SSSR count). The van der Waals surface area contributed by atoms with Crippen molar-refractivity contribution >= 4 is 5.96 Å². The van der Waals surface area contributed by atoms with Crippen LogP contribution in [0, 0.1) is 6.92 Å². The number of rotatable bonds is 8. The molecular formula is C24H34N4O2. The molecule has 0 aliphatic carbocycles. The second kappa shape index (κ2) is 11.7. The lowest BCUT2D eigenvalue weighted by Crippen LogP contribution is -2.47. The highest BCUT2D eigenvalue weighted by atomic mass is 16.5. The Labute approximate surface area is 180 Å². The zero-order valence-electron chi connectivity index (χ0n) is 18.1. The van der Waals surface area contributed by atoms with E-state index in [1.807, 2.05) is 30.3 Å². The summed E-state index contributed by atoms with van der Waals surface area (Å²) in [6.45, 7) is 6.97. The highest BCUT2D eigenvalue weighted by molar-refractivity contribution is 5.79. The molecule has 30 heavy (non-hydrogen) atoms. The molecule has 1 heterocycles. The number of benzene rings is 2. The summed E-state index contributed by atoms with van der Waals surface area (Å²) >= 11 is 0. The third kappa shape index (κ3) is 6.29. The van der Waals surface area contributed by atoms with E-state index >= 15 is 0 Å². The smallest absolute Gasteiger partial charge is 0.191 e. The topological polar surface area (TPSA) is 69.1 Å². The van der Waals surface area contributed by atoms with E-state index in [4.69, 9.17) is 4.74 Å². The van der Waals surface area contributed by atoms with Crippen LogP contribution in [0.1, 0.15) is 28.7 Å². The average Bonchev–Trinajstić information content (AvgIpc) is 2.79. The van der Waals surface area contributed by atoms with Crippen molar-refractivity contribution in [2.45, 2.75) is 18.9 Å². The Hall–Kier alpha value is -2.41. The fourth-order valence-electron chi connectivity index (χ4n) is 3.87. The number of aliphatic imine (C=N–C) groups is 1. The molecule has 3 N–H and O–H groups in total. The Morgan fingerprint density at radius 1 is 1.03 bits per heavy atom. The molecule has 2 aromatic carbocycles. The Balaban J connectivity index is 1.62. The van der Waals surface area contributed by atoms with Gasteiger partial charge in [0.2, 0.25) is 0 Å². The van der Waals surface area contributed by atoms with Crippen molar-refractivity contribution in [1.29, 1.82) is 0 Å². The molecule has 2 unspecified atom stereocenters. The number of hydrogen-bond donors (Lipinski definition) is 3. The monoisotopic (exact) mass is 410 g/mol. The molecule has 0 amide bonds. The summed E-state index contributed by atoms with van der Waals surface area (Å²) in [4.78, 5) is 6.86. The molecule has 0 aromatic heterocycles. The van der Waals surface area contributed by atoms with Crippen LogP contribution in [0.25, 0.3) is 0 Å². The largest absolute Gasteiger partial charge is 0.396 e. The van der Waals surface area contributed by atoms with Crippen molar-refractivity contribution in [1.82, 2.24) is 15.5 Å². The van der Waals surface area contributed by atoms with Gasteiger partial charge in [0.15, 0.2) is 5.96 Å². The van der Waals surface area contributed by atoms with E-state index in [0.717, 1.165) is 44.4 Å². The molecule has 0 bridgehead atoms. The standard InChI is InChI=1S/C24H34N4O2/c1-19-7-6-10-21(15-19)23(28-11-13-30-14-12-28)17-27-24(25-2)26-16-22(18-29)20-8-4-3-5-9-20/h3-10,15,22-23,29H,11-14,16-18H2,1-2H3,(H2,25,26,27). The van der Waals surface area contributed by atoms with Gasteiger partial charge in [-0.2, -0.15) is 0 Å². The second-order valence-corrected chi connectivity index (χ2v) is 7.70. The first-order valence-electron chi connectivity index (χ1n) is 10.7. The fraction of sp³-hybridized carbons (Fsp3) is 0.458. The minimum absolute atomic E-state index is 0.0246. The van der Waals surface area contributed by atoms with Gasteiger partial charge >= 0.3 is 0 Å². The van der Waals surface area contributed by atoms with Crippen LogP contribution >= 0.6 is 0 Å². The Morgan fingerprint density at radius 2 is 1.73 bits per heavy atom. The third-order valence-corrected chi connectivity index (χ3v) is 5.61. The summed E-state index contributed by atoms with van der Waals surface area (Å²) in [5.41, 5.74) is 3.69. The van der Waals surface area contributed by atoms with E-state index in [1.165, 1.54) is 11.1 Å². The lowest BCUT2D eigenvalue weighted by Gasteiger charge is -2.35. The molecule has 1 saturated heterocycles. The van der Waals surface area contributed by atoms with Gasteiger partial charge in [0.25, 0.3) is 0 Å². The Kier molecular flexibility index (Phi) is 8.68. The number of morpholine rings is 1. The van der Waals surface area contributed by atoms with Crippen LogP contribution in [0.15, 0.2) is 59.6 Å². The SMILES string of the molecule is CN=C(NCC(CO)c1ccccc1)NCC(c1cccc(C)c1)N1CCOCC1. The number of aliphatic hydroxyl groups excluding tert-OH is 1. The fourth-order valence-corrected chi connectivity index (χ4v) is 3.87. The Morgan fingerprint density at radius 3 is 2.40 bits per heavy atom. The van der Waals surface area contributed by atoms with E-state index < -0.39 is 0 Å². The van der Waals surface area contributed by atoms with Gasteiger partial charge in [-0.3, -0.25) is 9.89 Å². The molecule has 2 aromatic rings. The van der Waals surface area contributed by atoms with Gasteiger partial charge in [0.05, 0.1) is 25.9 Å². The van der Waals surface area contributed by atoms with Crippen molar-refractivity contribution in [3.63, 3.8) is 0 Å². The summed E-state index contributed by atoms with van der Waals surface area (Å²) in [5, 5.41) is 16.7. The highest BCUT2D eigenvalue weighted by Gasteiger charge is 2.23. The first-order chi connectivity index (χ1) is 14.7. The maximum absolute atomic E-state index is 9.81. The molecule has 162 valence electrons. The number of nitrogens with one attached hydrogen (secondary N) is 2. The zero-order chi connectivity index (χ0) is 21.2. The summed E-state index contributed by atoms with van der Waals surface area (Å²) in [6.07, 6.45) is 0. The summed E-state index contributed by atoms with van der Waals surface area (Å²) in [5.74, 6) is 0.770. The maximum Gasteiger partial charge on any atom is 0.191 e. The van der Waals surface area contributed by atoms with Crippen LogP contribution in [-0.4, -0.2) is 69.0 Å². The van der Waals surface area contributed by atoms with E-state index in [9.17, 15) is 5.11 Å². The van der Waals surface area contributed by atoms with Gasteiger partial charge in [0, 0.05) is 39.1 Å². The predicted molar refractivity (Wildman–Crippen MR) is 122 cm³/mol. The van der Waals surface area contributed by atoms with Gasteiger partial charge < -0.3 is 20.5 Å². The molecule has 1 fully saturated rings. The van der Waals surface area contributed by atoms with E-state index in [1.54, 1.807) is 7.05 Å². The number of nitrogens with zero attached hydrogens (tertiary/aromatic N) is 2. The molecule has 0 radical (unpaired) electrons. The van der Waals surface area contributed by atoms with Crippen molar-refractivity contribution in [2.24, 2.45) is 4.99 Å². The minimum Gasteiger partial charge on any atom is -0.396 e. The van der Waals surface area contributed by atoms with Gasteiger partial charge in [-0.15, -0.1) is 0 Å². The quantitative estimate of drug-likeness (QED) is 0.460. The first kappa shape index (κ1) is 22.3. The van der Waals surface area contributed by atoms with Gasteiger partial charge in [-0.05, 0) is 18.1 Å². The van der Waals surface area contributed by atoms with E-state index in [-0.39, 0.29) is 18.6 Å². The molecule has 6 nitrogen and oxygen atoms in total. The van der Waals surface area contributed by atoms with Crippen molar-refractivity contribution in [3.8, 4) is 0 Å². The normalized spacial score (nSPS) is 17.4. The second-order valence-electron chi connectivity index (χ2n) is 7.70. The van der Waals surface area contributed by atoms with Crippen LogP contribution in [-0.2, 0) is 4.74 Å². The summed E-state index contributed by atoms with van der Waals surface area (Å²) in [7, 11) is 1.78. The molecular weight excluding hydrogens is 376 g/mol. The highest BCUT2D eigenvalue weighted by Crippen LogP contribution is 2.22. The number of ether oxygens (including phenoxy) is 1. The van der Waals surface area contributed by atoms with Crippen LogP contribution in [0.4, 0.5) is 0 Å². The maximum atomic E-state index is 9.81. The van der Waals surface area contributed by atoms with Gasteiger partial charge in [-0.25, -0.2) is 0 Å². The number of aliphatic hydroxyl groups is 1. The van der Waals surface area contributed by atoms with E-state index in [0.29, 0.717) is 6.54 Å². The van der Waals surface area contributed by atoms with Crippen molar-refractivity contribution in [3.05, 3.63) is 71.3 Å². The van der Waals surface area contributed by atoms with E-state index in [2.05, 4.69) is 51.7 Å². The summed E-state index contributed by atoms with van der Waals surface area (Å²) < 4.78 is 5.55. The molecule has 2 atom stereocenters. The first-order valence-corrected chi connectivity index (χ1v) is 10.7. The van der Waals surface area contributed by atoms with Crippen LogP contribution in [0.2, 0.25) is 0 Å². The Bertz CT molecular complexity index is 791. The number of hydrogen-bond acceptors (Lipinski definition) is 4. The van der Waals surface area contributed by atoms with Gasteiger partial charge in [0.1, 0.15) is 0 Å². The van der Waals surface area contributed by atoms with Crippen LogP contribution < -0.4 is 10.6 Å². The predicted octanol–water partition coefficient (Wildman–Crippen LogP) is 2.31. The number of aryl methyl sites for hydroxylation is 1. The van der Waals surface area contributed by atoms with Crippen molar-refractivity contribution < 1.29 is 9.84 Å². The minimum atomic E-state index is 0.0246. The molecule has 0 saturated carbocycles. The molecule has 1 aliphatic rings. The van der Waals surface area contributed by atoms with Crippen molar-refractivity contribution in [2.75, 3.05) is 53.0 Å². The van der Waals surface area contributed by atoms with Gasteiger partial charge in [-0.1, -0.05) is 60.2 Å². The lowest BCUT2D eigenvalue weighted by molar-refractivity contribution is 0.0170. The summed E-state index contributed by atoms with van der Waals surface area (Å²) in [6, 6.07) is 19.0. The molecule has 0 spiro atoms. The van der Waals surface area contributed by atoms with Crippen LogP contribution in [0.5, 0.6) is 0 Å².